The molecule has 0 aromatic carbocycles. The maximum absolute atomic E-state index is 12.2. The van der Waals surface area contributed by atoms with Crippen molar-refractivity contribution in [1.82, 2.24) is 10.6 Å². The van der Waals surface area contributed by atoms with E-state index in [0.717, 1.165) is 44.9 Å². The Morgan fingerprint density at radius 1 is 0.722 bits per heavy atom. The SMILES string of the molecule is CCCCCCCCCCCC(=O)OC(CCC)CCCCCC(=O)NCC(=O)NC(CO)C(=O)O. The summed E-state index contributed by atoms with van der Waals surface area (Å²) in [7, 11) is 0. The normalized spacial score (nSPS) is 12.5. The number of nitrogens with one attached hydrogen (secondary N) is 2. The molecule has 4 N–H and O–H groups in total. The zero-order valence-electron chi connectivity index (χ0n) is 22.5. The van der Waals surface area contributed by atoms with Crippen molar-refractivity contribution in [2.24, 2.45) is 0 Å². The zero-order valence-corrected chi connectivity index (χ0v) is 22.5. The van der Waals surface area contributed by atoms with Crippen molar-refractivity contribution in [2.45, 2.75) is 135 Å². The molecule has 9 nitrogen and oxygen atoms in total. The molecule has 0 bridgehead atoms. The first-order valence-electron chi connectivity index (χ1n) is 13.9. The highest BCUT2D eigenvalue weighted by molar-refractivity contribution is 5.87. The Morgan fingerprint density at radius 3 is 1.89 bits per heavy atom. The number of carboxylic acid groups (broad SMARTS) is 1. The quantitative estimate of drug-likeness (QED) is 0.111. The highest BCUT2D eigenvalue weighted by atomic mass is 16.5. The number of carbonyl (C=O) groups is 4. The van der Waals surface area contributed by atoms with E-state index < -0.39 is 24.5 Å². The number of hydrogen-bond donors (Lipinski definition) is 4. The van der Waals surface area contributed by atoms with E-state index >= 15 is 0 Å². The smallest absolute Gasteiger partial charge is 0.328 e. The van der Waals surface area contributed by atoms with Crippen molar-refractivity contribution in [2.75, 3.05) is 13.2 Å². The van der Waals surface area contributed by atoms with Gasteiger partial charge in [0.1, 0.15) is 12.1 Å². The number of esters is 1. The van der Waals surface area contributed by atoms with E-state index in [0.29, 0.717) is 12.8 Å². The molecule has 0 fully saturated rings. The minimum Gasteiger partial charge on any atom is -0.480 e. The third-order valence-corrected chi connectivity index (χ3v) is 6.09. The molecule has 210 valence electrons. The van der Waals surface area contributed by atoms with Gasteiger partial charge in [-0.1, -0.05) is 78.1 Å². The van der Waals surface area contributed by atoms with Crippen LogP contribution in [0.25, 0.3) is 0 Å². The second-order valence-electron chi connectivity index (χ2n) is 9.50. The molecule has 0 rings (SSSR count). The lowest BCUT2D eigenvalue weighted by Gasteiger charge is -2.17. The van der Waals surface area contributed by atoms with Gasteiger partial charge in [0, 0.05) is 12.8 Å². The molecule has 0 heterocycles. The second kappa shape index (κ2) is 23.3. The van der Waals surface area contributed by atoms with E-state index in [1.54, 1.807) is 0 Å². The summed E-state index contributed by atoms with van der Waals surface area (Å²) in [5.74, 6) is -2.41. The van der Waals surface area contributed by atoms with Crippen molar-refractivity contribution >= 4 is 23.8 Å². The number of rotatable bonds is 24. The fourth-order valence-electron chi connectivity index (χ4n) is 3.94. The van der Waals surface area contributed by atoms with Crippen LogP contribution in [0.2, 0.25) is 0 Å². The van der Waals surface area contributed by atoms with Crippen LogP contribution in [0, 0.1) is 0 Å². The maximum Gasteiger partial charge on any atom is 0.328 e. The second-order valence-corrected chi connectivity index (χ2v) is 9.50. The highest BCUT2D eigenvalue weighted by Gasteiger charge is 2.19. The molecule has 0 saturated heterocycles. The molecule has 2 amide bonds. The van der Waals surface area contributed by atoms with Crippen LogP contribution >= 0.6 is 0 Å². The van der Waals surface area contributed by atoms with Crippen LogP contribution in [0.15, 0.2) is 0 Å². The lowest BCUT2D eigenvalue weighted by molar-refractivity contribution is -0.150. The fourth-order valence-corrected chi connectivity index (χ4v) is 3.94. The van der Waals surface area contributed by atoms with Crippen molar-refractivity contribution in [3.05, 3.63) is 0 Å². The summed E-state index contributed by atoms with van der Waals surface area (Å²) in [6, 6.07) is -1.38. The van der Waals surface area contributed by atoms with Crippen LogP contribution in [0.3, 0.4) is 0 Å². The van der Waals surface area contributed by atoms with Gasteiger partial charge >= 0.3 is 11.9 Å². The number of unbranched alkanes of at least 4 members (excludes halogenated alkanes) is 10. The lowest BCUT2D eigenvalue weighted by Crippen LogP contribution is -2.47. The van der Waals surface area contributed by atoms with Crippen molar-refractivity contribution in [1.29, 1.82) is 0 Å². The molecule has 0 aromatic rings. The van der Waals surface area contributed by atoms with Crippen LogP contribution < -0.4 is 10.6 Å². The standard InChI is InChI=1S/C27H50N2O7/c1-3-5-6-7-8-9-10-11-15-19-26(33)36-22(16-4-2)17-13-12-14-18-24(31)28-20-25(32)29-23(21-30)27(34)35/h22-23,30H,3-21H2,1-2H3,(H,28,31)(H,29,32)(H,34,35). The summed E-state index contributed by atoms with van der Waals surface area (Å²) in [6.45, 7) is 3.24. The largest absolute Gasteiger partial charge is 0.480 e. The zero-order chi connectivity index (χ0) is 27.0. The molecule has 0 aliphatic heterocycles. The van der Waals surface area contributed by atoms with Crippen LogP contribution in [-0.2, 0) is 23.9 Å². The molecular formula is C27H50N2O7. The molecule has 0 spiro atoms. The van der Waals surface area contributed by atoms with Gasteiger partial charge in [0.15, 0.2) is 0 Å². The highest BCUT2D eigenvalue weighted by Crippen LogP contribution is 2.15. The van der Waals surface area contributed by atoms with Crippen LogP contribution in [-0.4, -0.2) is 59.3 Å². The first-order valence-corrected chi connectivity index (χ1v) is 13.9. The number of amides is 2. The van der Waals surface area contributed by atoms with Crippen LogP contribution in [0.4, 0.5) is 0 Å². The summed E-state index contributed by atoms with van der Waals surface area (Å²) in [5.41, 5.74) is 0. The number of hydrogen-bond acceptors (Lipinski definition) is 6. The molecule has 0 aliphatic carbocycles. The lowest BCUT2D eigenvalue weighted by atomic mass is 10.0. The molecule has 0 saturated carbocycles. The minimum atomic E-state index is -1.38. The van der Waals surface area contributed by atoms with E-state index in [9.17, 15) is 19.2 Å². The Balaban J connectivity index is 3.90. The third-order valence-electron chi connectivity index (χ3n) is 6.09. The van der Waals surface area contributed by atoms with E-state index in [2.05, 4.69) is 24.5 Å². The summed E-state index contributed by atoms with van der Waals surface area (Å²) in [5, 5.41) is 22.3. The number of aliphatic carboxylic acids is 1. The van der Waals surface area contributed by atoms with Gasteiger partial charge in [0.25, 0.3) is 0 Å². The summed E-state index contributed by atoms with van der Waals surface area (Å²) in [6.07, 6.45) is 16.4. The number of carbonyl (C=O) groups excluding carboxylic acids is 3. The van der Waals surface area contributed by atoms with E-state index in [1.807, 2.05) is 0 Å². The maximum atomic E-state index is 12.2. The van der Waals surface area contributed by atoms with Gasteiger partial charge in [-0.05, 0) is 32.1 Å². The number of carboxylic acids is 1. The van der Waals surface area contributed by atoms with E-state index in [-0.39, 0.29) is 30.9 Å². The van der Waals surface area contributed by atoms with Gasteiger partial charge in [0.2, 0.25) is 11.8 Å². The Kier molecular flexibility index (Phi) is 21.9. The molecule has 0 aliphatic rings. The summed E-state index contributed by atoms with van der Waals surface area (Å²) >= 11 is 0. The van der Waals surface area contributed by atoms with Crippen molar-refractivity contribution < 1.29 is 34.1 Å². The van der Waals surface area contributed by atoms with Gasteiger partial charge < -0.3 is 25.6 Å². The number of ether oxygens (including phenoxy) is 1. The third kappa shape index (κ3) is 20.1. The molecule has 0 radical (unpaired) electrons. The predicted octanol–water partition coefficient (Wildman–Crippen LogP) is 4.25. The average Bonchev–Trinajstić information content (AvgIpc) is 2.84. The molecule has 0 aromatic heterocycles. The first-order chi connectivity index (χ1) is 17.3. The molecule has 2 atom stereocenters. The summed E-state index contributed by atoms with van der Waals surface area (Å²) < 4.78 is 5.69. The average molecular weight is 515 g/mol. The first kappa shape index (κ1) is 33.8. The molecule has 2 unspecified atom stereocenters. The van der Waals surface area contributed by atoms with Crippen LogP contribution in [0.5, 0.6) is 0 Å². The van der Waals surface area contributed by atoms with Crippen LogP contribution in [0.1, 0.15) is 123 Å². The van der Waals surface area contributed by atoms with Gasteiger partial charge in [0.05, 0.1) is 13.2 Å². The number of aliphatic hydroxyl groups excluding tert-OH is 1. The van der Waals surface area contributed by atoms with Gasteiger partial charge in [-0.2, -0.15) is 0 Å². The topological polar surface area (TPSA) is 142 Å². The molecule has 36 heavy (non-hydrogen) atoms. The van der Waals surface area contributed by atoms with E-state index in [4.69, 9.17) is 14.9 Å². The van der Waals surface area contributed by atoms with Gasteiger partial charge in [-0.15, -0.1) is 0 Å². The molecular weight excluding hydrogens is 464 g/mol. The van der Waals surface area contributed by atoms with Crippen molar-refractivity contribution in [3.8, 4) is 0 Å². The van der Waals surface area contributed by atoms with Crippen molar-refractivity contribution in [3.63, 3.8) is 0 Å². The predicted molar refractivity (Wildman–Crippen MR) is 139 cm³/mol. The number of aliphatic hydroxyl groups is 1. The van der Waals surface area contributed by atoms with Gasteiger partial charge in [-0.3, -0.25) is 14.4 Å². The fraction of sp³-hybridized carbons (Fsp3) is 0.852. The monoisotopic (exact) mass is 514 g/mol. The minimum absolute atomic E-state index is 0.0766. The van der Waals surface area contributed by atoms with Gasteiger partial charge in [-0.25, -0.2) is 4.79 Å². The van der Waals surface area contributed by atoms with E-state index in [1.165, 1.54) is 44.9 Å². The Labute approximate surface area is 217 Å². The Morgan fingerprint density at radius 2 is 1.31 bits per heavy atom. The Bertz CT molecular complexity index is 613. The molecule has 9 heteroatoms. The summed E-state index contributed by atoms with van der Waals surface area (Å²) in [4.78, 5) is 46.5. The Hall–Kier alpha value is -2.16.